The maximum Gasteiger partial charge on any atom is 0.220 e. The Labute approximate surface area is 204 Å². The van der Waals surface area contributed by atoms with Gasteiger partial charge in [-0.25, -0.2) is 13.8 Å². The standard InChI is InChI=1S/C26H33F2N5O2/c1-2-19-6-5-7-20(10-19)15-29-16-25(34)24(13-21-11-22(27)14-23(28)12-21)32-26(35)8-3-4-9-33-18-30-17-31-33/h5-7,10-12,14,17-18,24-25,29,34H,2-4,8-9,13,15-16H2,1H3,(H,32,35)/t24-,25-/m0/s1. The van der Waals surface area contributed by atoms with Gasteiger partial charge in [0.15, 0.2) is 0 Å². The van der Waals surface area contributed by atoms with Crippen LogP contribution in [0.1, 0.15) is 42.9 Å². The molecule has 0 saturated carbocycles. The number of carbonyl (C=O) groups excluding carboxylic acids is 1. The molecule has 3 N–H and O–H groups in total. The Balaban J connectivity index is 1.55. The summed E-state index contributed by atoms with van der Waals surface area (Å²) in [5.41, 5.74) is 2.69. The van der Waals surface area contributed by atoms with Gasteiger partial charge in [0.2, 0.25) is 5.91 Å². The summed E-state index contributed by atoms with van der Waals surface area (Å²) in [7, 11) is 0. The number of aliphatic hydroxyl groups is 1. The van der Waals surface area contributed by atoms with Crippen LogP contribution in [0.2, 0.25) is 0 Å². The zero-order valence-electron chi connectivity index (χ0n) is 20.0. The number of rotatable bonds is 14. The predicted octanol–water partition coefficient (Wildman–Crippen LogP) is 3.17. The molecule has 188 valence electrons. The monoisotopic (exact) mass is 485 g/mol. The first-order chi connectivity index (χ1) is 16.9. The fourth-order valence-electron chi connectivity index (χ4n) is 3.92. The van der Waals surface area contributed by atoms with Crippen LogP contribution < -0.4 is 10.6 Å². The number of nitrogens with zero attached hydrogens (tertiary/aromatic N) is 3. The van der Waals surface area contributed by atoms with E-state index in [0.717, 1.165) is 24.5 Å². The van der Waals surface area contributed by atoms with E-state index in [4.69, 9.17) is 0 Å². The van der Waals surface area contributed by atoms with Crippen molar-refractivity contribution in [2.24, 2.45) is 0 Å². The molecule has 2 atom stereocenters. The van der Waals surface area contributed by atoms with Gasteiger partial charge < -0.3 is 15.7 Å². The van der Waals surface area contributed by atoms with Crippen LogP contribution >= 0.6 is 0 Å². The third kappa shape index (κ3) is 9.18. The van der Waals surface area contributed by atoms with E-state index in [2.05, 4.69) is 39.8 Å². The van der Waals surface area contributed by atoms with E-state index in [-0.39, 0.29) is 25.3 Å². The molecule has 0 spiro atoms. The van der Waals surface area contributed by atoms with Gasteiger partial charge >= 0.3 is 0 Å². The van der Waals surface area contributed by atoms with Crippen molar-refractivity contribution in [3.8, 4) is 0 Å². The van der Waals surface area contributed by atoms with Crippen molar-refractivity contribution in [1.82, 2.24) is 25.4 Å². The molecule has 1 aromatic heterocycles. The number of unbranched alkanes of at least 4 members (excludes halogenated alkanes) is 1. The lowest BCUT2D eigenvalue weighted by atomic mass is 10.00. The largest absolute Gasteiger partial charge is 0.390 e. The number of hydrogen-bond donors (Lipinski definition) is 3. The second-order valence-electron chi connectivity index (χ2n) is 8.64. The molecule has 0 bridgehead atoms. The lowest BCUT2D eigenvalue weighted by molar-refractivity contribution is -0.122. The van der Waals surface area contributed by atoms with Crippen molar-refractivity contribution in [2.45, 2.75) is 64.3 Å². The highest BCUT2D eigenvalue weighted by Gasteiger charge is 2.22. The smallest absolute Gasteiger partial charge is 0.220 e. The summed E-state index contributed by atoms with van der Waals surface area (Å²) in [5, 5.41) is 21.0. The molecule has 0 unspecified atom stereocenters. The topological polar surface area (TPSA) is 92.1 Å². The Morgan fingerprint density at radius 3 is 2.57 bits per heavy atom. The van der Waals surface area contributed by atoms with Crippen LogP contribution in [-0.2, 0) is 30.7 Å². The Hall–Kier alpha value is -3.17. The van der Waals surface area contributed by atoms with Crippen molar-refractivity contribution >= 4 is 5.91 Å². The highest BCUT2D eigenvalue weighted by molar-refractivity contribution is 5.76. The normalized spacial score (nSPS) is 12.9. The number of nitrogens with one attached hydrogen (secondary N) is 2. The average molecular weight is 486 g/mol. The molecule has 0 aliphatic rings. The average Bonchev–Trinajstić information content (AvgIpc) is 3.34. The summed E-state index contributed by atoms with van der Waals surface area (Å²) in [6, 6.07) is 10.7. The number of aryl methyl sites for hydroxylation is 2. The molecule has 0 saturated heterocycles. The van der Waals surface area contributed by atoms with E-state index in [1.165, 1.54) is 24.0 Å². The molecule has 2 aromatic carbocycles. The fraction of sp³-hybridized carbons (Fsp3) is 0.423. The number of halogens is 2. The molecule has 9 heteroatoms. The summed E-state index contributed by atoms with van der Waals surface area (Å²) in [5.74, 6) is -1.61. The highest BCUT2D eigenvalue weighted by atomic mass is 19.1. The molecule has 7 nitrogen and oxygen atoms in total. The number of amides is 1. The van der Waals surface area contributed by atoms with Gasteiger partial charge in [0.05, 0.1) is 12.1 Å². The highest BCUT2D eigenvalue weighted by Crippen LogP contribution is 2.13. The van der Waals surface area contributed by atoms with Crippen LogP contribution in [0.4, 0.5) is 8.78 Å². The van der Waals surface area contributed by atoms with Crippen LogP contribution in [0.15, 0.2) is 55.1 Å². The third-order valence-electron chi connectivity index (χ3n) is 5.78. The van der Waals surface area contributed by atoms with Crippen LogP contribution in [0.25, 0.3) is 0 Å². The molecular formula is C26H33F2N5O2. The number of aliphatic hydroxyl groups excluding tert-OH is 1. The van der Waals surface area contributed by atoms with Gasteiger partial charge in [0.1, 0.15) is 24.3 Å². The van der Waals surface area contributed by atoms with Gasteiger partial charge in [-0.2, -0.15) is 5.10 Å². The van der Waals surface area contributed by atoms with Crippen molar-refractivity contribution in [1.29, 1.82) is 0 Å². The van der Waals surface area contributed by atoms with Crippen molar-refractivity contribution in [2.75, 3.05) is 6.54 Å². The first-order valence-electron chi connectivity index (χ1n) is 12.0. The van der Waals surface area contributed by atoms with Crippen LogP contribution in [0.5, 0.6) is 0 Å². The van der Waals surface area contributed by atoms with E-state index in [1.54, 1.807) is 11.0 Å². The van der Waals surface area contributed by atoms with E-state index < -0.39 is 23.8 Å². The van der Waals surface area contributed by atoms with Crippen LogP contribution in [0, 0.1) is 11.6 Å². The molecule has 1 heterocycles. The Morgan fingerprint density at radius 1 is 1.09 bits per heavy atom. The van der Waals surface area contributed by atoms with Gasteiger partial charge in [-0.3, -0.25) is 9.48 Å². The number of hydrogen-bond acceptors (Lipinski definition) is 5. The summed E-state index contributed by atoms with van der Waals surface area (Å²) in [6.45, 7) is 3.52. The number of aromatic nitrogens is 3. The summed E-state index contributed by atoms with van der Waals surface area (Å²) >= 11 is 0. The minimum atomic E-state index is -0.949. The van der Waals surface area contributed by atoms with Crippen LogP contribution in [0.3, 0.4) is 0 Å². The van der Waals surface area contributed by atoms with E-state index >= 15 is 0 Å². The molecule has 0 fully saturated rings. The second-order valence-corrected chi connectivity index (χ2v) is 8.64. The van der Waals surface area contributed by atoms with Crippen molar-refractivity contribution in [3.05, 3.63) is 83.4 Å². The molecule has 35 heavy (non-hydrogen) atoms. The first kappa shape index (κ1) is 26.4. The summed E-state index contributed by atoms with van der Waals surface area (Å²) < 4.78 is 29.1. The third-order valence-corrected chi connectivity index (χ3v) is 5.78. The van der Waals surface area contributed by atoms with Crippen molar-refractivity contribution in [3.63, 3.8) is 0 Å². The molecule has 3 aromatic rings. The Bertz CT molecular complexity index is 1040. The van der Waals surface area contributed by atoms with E-state index in [0.29, 0.717) is 25.1 Å². The van der Waals surface area contributed by atoms with Gasteiger partial charge in [-0.15, -0.1) is 0 Å². The minimum absolute atomic E-state index is 0.105. The number of carbonyl (C=O) groups is 1. The first-order valence-corrected chi connectivity index (χ1v) is 12.0. The van der Waals surface area contributed by atoms with Crippen molar-refractivity contribution < 1.29 is 18.7 Å². The Kier molecular flexibility index (Phi) is 10.3. The maximum absolute atomic E-state index is 13.7. The molecule has 0 radical (unpaired) electrons. The lowest BCUT2D eigenvalue weighted by Gasteiger charge is -2.25. The summed E-state index contributed by atoms with van der Waals surface area (Å²) in [6.07, 6.45) is 4.83. The van der Waals surface area contributed by atoms with E-state index in [1.807, 2.05) is 12.1 Å². The molecule has 0 aliphatic heterocycles. The second kappa shape index (κ2) is 13.7. The molecule has 0 aliphatic carbocycles. The Morgan fingerprint density at radius 2 is 1.86 bits per heavy atom. The molecule has 3 rings (SSSR count). The zero-order chi connectivity index (χ0) is 25.0. The predicted molar refractivity (Wildman–Crippen MR) is 129 cm³/mol. The fourth-order valence-corrected chi connectivity index (χ4v) is 3.92. The molecule has 1 amide bonds. The number of benzene rings is 2. The lowest BCUT2D eigenvalue weighted by Crippen LogP contribution is -2.48. The minimum Gasteiger partial charge on any atom is -0.390 e. The van der Waals surface area contributed by atoms with Gasteiger partial charge in [0.25, 0.3) is 0 Å². The quantitative estimate of drug-likeness (QED) is 0.305. The van der Waals surface area contributed by atoms with Crippen LogP contribution in [-0.4, -0.2) is 44.5 Å². The van der Waals surface area contributed by atoms with Gasteiger partial charge in [-0.1, -0.05) is 31.2 Å². The molecular weight excluding hydrogens is 452 g/mol. The van der Waals surface area contributed by atoms with E-state index in [9.17, 15) is 18.7 Å². The maximum atomic E-state index is 13.7. The summed E-state index contributed by atoms with van der Waals surface area (Å²) in [4.78, 5) is 16.5. The SMILES string of the molecule is CCc1cccc(CNC[C@H](O)[C@H](Cc2cc(F)cc(F)c2)NC(=O)CCCCn2cncn2)c1. The zero-order valence-corrected chi connectivity index (χ0v) is 20.0. The van der Waals surface area contributed by atoms with Gasteiger partial charge in [-0.05, 0) is 54.5 Å². The van der Waals surface area contributed by atoms with Gasteiger partial charge in [0, 0.05) is 32.1 Å².